The van der Waals surface area contributed by atoms with Crippen LogP contribution in [0, 0.1) is 30.6 Å². The number of halogens is 3. The minimum Gasteiger partial charge on any atom is -0.494 e. The molecule has 0 radical (unpaired) electrons. The van der Waals surface area contributed by atoms with E-state index in [1.54, 1.807) is 29.8 Å². The van der Waals surface area contributed by atoms with Gasteiger partial charge in [-0.05, 0) is 66.8 Å². The van der Waals surface area contributed by atoms with Crippen LogP contribution in [0.3, 0.4) is 0 Å². The Morgan fingerprint density at radius 1 is 0.714 bits per heavy atom. The molecule has 6 aromatic rings. The van der Waals surface area contributed by atoms with Gasteiger partial charge in [-0.3, -0.25) is 28.3 Å². The number of nitrogens with zero attached hydrogens (tertiary/aromatic N) is 2. The highest BCUT2D eigenvalue weighted by Gasteiger charge is 2.27. The topological polar surface area (TPSA) is 137 Å². The maximum atomic E-state index is 14.7. The fourth-order valence-corrected chi connectivity index (χ4v) is 6.91. The highest BCUT2D eigenvalue weighted by Crippen LogP contribution is 2.36. The van der Waals surface area contributed by atoms with Crippen LogP contribution in [0.15, 0.2) is 52.5 Å². The Balaban J connectivity index is 0.000000191. The lowest BCUT2D eigenvalue weighted by atomic mass is 10.1. The fraction of sp³-hybridized carbons (Fsp3) is 0.176. The van der Waals surface area contributed by atoms with E-state index in [1.807, 2.05) is 0 Å². The molecule has 0 saturated carbocycles. The van der Waals surface area contributed by atoms with Crippen LogP contribution in [0.4, 0.5) is 13.2 Å². The number of rotatable bonds is 8. The summed E-state index contributed by atoms with van der Waals surface area (Å²) in [5.74, 6) is -4.56. The maximum absolute atomic E-state index is 14.7. The first-order valence-corrected chi connectivity index (χ1v) is 16.1. The second-order valence-corrected chi connectivity index (χ2v) is 12.3. The van der Waals surface area contributed by atoms with Gasteiger partial charge in [0.15, 0.2) is 28.3 Å². The summed E-state index contributed by atoms with van der Waals surface area (Å²) >= 11 is 2.15. The minimum atomic E-state index is -1.15. The highest BCUT2D eigenvalue weighted by molar-refractivity contribution is 7.08. The molecule has 254 valence electrons. The number of fused-ring (bicyclic) bond motifs is 2. The van der Waals surface area contributed by atoms with Gasteiger partial charge in [-0.15, -0.1) is 11.3 Å². The van der Waals surface area contributed by atoms with Crippen molar-refractivity contribution in [3.8, 4) is 11.5 Å². The quantitative estimate of drug-likeness (QED) is 0.171. The van der Waals surface area contributed by atoms with E-state index in [1.165, 1.54) is 65.2 Å². The Bertz CT molecular complexity index is 2270. The molecule has 0 saturated heterocycles. The number of benzene rings is 2. The first-order chi connectivity index (χ1) is 23.3. The van der Waals surface area contributed by atoms with E-state index in [2.05, 4.69) is 0 Å². The van der Waals surface area contributed by atoms with E-state index in [0.717, 1.165) is 17.4 Å². The van der Waals surface area contributed by atoms with Crippen molar-refractivity contribution in [2.45, 2.75) is 26.7 Å². The van der Waals surface area contributed by atoms with Crippen molar-refractivity contribution < 1.29 is 52.0 Å². The molecule has 15 heteroatoms. The lowest BCUT2D eigenvalue weighted by Crippen LogP contribution is -2.13. The van der Waals surface area contributed by atoms with Gasteiger partial charge in [-0.2, -0.15) is 15.7 Å². The van der Waals surface area contributed by atoms with Gasteiger partial charge in [0.05, 0.1) is 49.2 Å². The Morgan fingerprint density at radius 2 is 1.18 bits per heavy atom. The molecule has 0 aliphatic heterocycles. The fourth-order valence-electron chi connectivity index (χ4n) is 5.67. The van der Waals surface area contributed by atoms with Crippen LogP contribution in [-0.4, -0.2) is 57.3 Å². The standard InChI is InChI=1S/C17H13F2NO4S.C17H14FNO4S/c1-8-10(6-14(21)22)15-11(3-4-12(24-2)16(15)19)20(8)17(23)9-5-13(18)25-7-9;1-9-11(7-14(20)21)15-12(3-4-13(23-2)16(15)18)19(9)17(22)10-5-6-24-8-10/h3-5,7H,6H2,1-2H3,(H,21,22);3-6,8H,7H2,1-2H3,(H,20,21). The van der Waals surface area contributed by atoms with E-state index in [0.29, 0.717) is 22.5 Å². The summed E-state index contributed by atoms with van der Waals surface area (Å²) < 4.78 is 55.2. The molecule has 0 bridgehead atoms. The van der Waals surface area contributed by atoms with Gasteiger partial charge in [-0.25, -0.2) is 8.78 Å². The third kappa shape index (κ3) is 6.41. The van der Waals surface area contributed by atoms with Crippen molar-refractivity contribution in [1.82, 2.24) is 9.13 Å². The molecule has 2 aromatic carbocycles. The van der Waals surface area contributed by atoms with Crippen LogP contribution in [0.25, 0.3) is 21.8 Å². The van der Waals surface area contributed by atoms with Crippen LogP contribution in [-0.2, 0) is 22.4 Å². The van der Waals surface area contributed by atoms with Crippen molar-refractivity contribution in [1.29, 1.82) is 0 Å². The van der Waals surface area contributed by atoms with Gasteiger partial charge in [0.25, 0.3) is 11.8 Å². The predicted octanol–water partition coefficient (Wildman–Crippen LogP) is 7.09. The van der Waals surface area contributed by atoms with E-state index in [4.69, 9.17) is 19.7 Å². The van der Waals surface area contributed by atoms with Gasteiger partial charge in [0.1, 0.15) is 0 Å². The molecule has 0 atom stereocenters. The molecule has 0 aliphatic rings. The largest absolute Gasteiger partial charge is 0.494 e. The van der Waals surface area contributed by atoms with Crippen LogP contribution in [0.5, 0.6) is 11.5 Å². The number of aliphatic carboxylic acids is 2. The third-order valence-electron chi connectivity index (χ3n) is 7.88. The van der Waals surface area contributed by atoms with E-state index in [9.17, 15) is 32.3 Å². The van der Waals surface area contributed by atoms with Gasteiger partial charge >= 0.3 is 11.9 Å². The van der Waals surface area contributed by atoms with Gasteiger partial charge in [-0.1, -0.05) is 0 Å². The Hall–Kier alpha value is -5.41. The average molecular weight is 713 g/mol. The normalized spacial score (nSPS) is 11.0. The summed E-state index contributed by atoms with van der Waals surface area (Å²) in [6.07, 6.45) is -0.832. The van der Waals surface area contributed by atoms with Gasteiger partial charge < -0.3 is 19.7 Å². The number of methoxy groups -OCH3 is 2. The molecule has 10 nitrogen and oxygen atoms in total. The van der Waals surface area contributed by atoms with Crippen LogP contribution >= 0.6 is 22.7 Å². The molecule has 0 spiro atoms. The van der Waals surface area contributed by atoms with Crippen molar-refractivity contribution in [3.05, 3.63) is 103 Å². The molecule has 0 aliphatic carbocycles. The molecule has 4 aromatic heterocycles. The number of thiophene rings is 2. The predicted molar refractivity (Wildman–Crippen MR) is 177 cm³/mol. The average Bonchev–Trinajstić information content (AvgIpc) is 3.85. The highest BCUT2D eigenvalue weighted by atomic mass is 32.1. The summed E-state index contributed by atoms with van der Waals surface area (Å²) in [4.78, 5) is 47.9. The SMILES string of the molecule is COc1ccc2c(c1F)c(CC(=O)O)c(C)n2C(=O)c1ccsc1.COc1ccc2c(c1F)c(CC(=O)O)c(C)n2C(=O)c1csc(F)c1. The van der Waals surface area contributed by atoms with E-state index in [-0.39, 0.29) is 56.8 Å². The number of carboxylic acids is 2. The van der Waals surface area contributed by atoms with Crippen molar-refractivity contribution in [3.63, 3.8) is 0 Å². The van der Waals surface area contributed by atoms with Crippen molar-refractivity contribution >= 4 is 68.2 Å². The molecule has 4 heterocycles. The second-order valence-electron chi connectivity index (χ2n) is 10.7. The summed E-state index contributed by atoms with van der Waals surface area (Å²) in [5.41, 5.74) is 2.29. The zero-order chi connectivity index (χ0) is 35.7. The Kier molecular flexibility index (Phi) is 9.96. The molecule has 0 amide bonds. The van der Waals surface area contributed by atoms with Crippen LogP contribution in [0.1, 0.15) is 43.2 Å². The number of ether oxygens (including phenoxy) is 2. The van der Waals surface area contributed by atoms with Crippen molar-refractivity contribution in [2.24, 2.45) is 0 Å². The second kappa shape index (κ2) is 14.0. The van der Waals surface area contributed by atoms with Crippen LogP contribution in [0.2, 0.25) is 0 Å². The number of carbonyl (C=O) groups excluding carboxylic acids is 2. The molecule has 0 unspecified atom stereocenters. The van der Waals surface area contributed by atoms with Crippen molar-refractivity contribution in [2.75, 3.05) is 14.2 Å². The van der Waals surface area contributed by atoms with E-state index < -0.39 is 41.0 Å². The number of hydrogen-bond donors (Lipinski definition) is 2. The van der Waals surface area contributed by atoms with Gasteiger partial charge in [0, 0.05) is 32.9 Å². The van der Waals surface area contributed by atoms with Crippen LogP contribution < -0.4 is 9.47 Å². The molecular weight excluding hydrogens is 686 g/mol. The Labute approximate surface area is 284 Å². The summed E-state index contributed by atoms with van der Waals surface area (Å²) in [6, 6.07) is 8.61. The molecule has 6 rings (SSSR count). The lowest BCUT2D eigenvalue weighted by Gasteiger charge is -2.06. The first kappa shape index (κ1) is 34.9. The molecular formula is C34H27F3N2O8S2. The number of aromatic nitrogens is 2. The monoisotopic (exact) mass is 712 g/mol. The third-order valence-corrected chi connectivity index (χ3v) is 9.28. The van der Waals surface area contributed by atoms with Gasteiger partial charge in [0.2, 0.25) is 0 Å². The Morgan fingerprint density at radius 3 is 1.55 bits per heavy atom. The van der Waals surface area contributed by atoms with E-state index >= 15 is 0 Å². The summed E-state index contributed by atoms with van der Waals surface area (Å²) in [6.45, 7) is 3.15. The number of carbonyl (C=O) groups is 4. The summed E-state index contributed by atoms with van der Waals surface area (Å²) in [5, 5.41) is 22.7. The zero-order valence-corrected chi connectivity index (χ0v) is 27.9. The maximum Gasteiger partial charge on any atom is 0.307 e. The summed E-state index contributed by atoms with van der Waals surface area (Å²) in [7, 11) is 2.63. The first-order valence-electron chi connectivity index (χ1n) is 14.3. The number of carboxylic acid groups (broad SMARTS) is 2. The number of hydrogen-bond acceptors (Lipinski definition) is 8. The zero-order valence-electron chi connectivity index (χ0n) is 26.3. The molecule has 0 fully saturated rings. The molecule has 49 heavy (non-hydrogen) atoms. The smallest absolute Gasteiger partial charge is 0.307 e. The molecule has 2 N–H and O–H groups in total. The minimum absolute atomic E-state index is 0.00858. The lowest BCUT2D eigenvalue weighted by molar-refractivity contribution is -0.137.